The second kappa shape index (κ2) is 6.68. The number of nitrogens with one attached hydrogen (secondary N) is 1. The first-order valence-electron chi connectivity index (χ1n) is 7.32. The number of amides is 1. The van der Waals surface area contributed by atoms with Crippen molar-refractivity contribution in [3.8, 4) is 0 Å². The molecule has 1 N–H and O–H groups in total. The second-order valence-corrected chi connectivity index (χ2v) is 5.90. The Morgan fingerprint density at radius 3 is 2.39 bits per heavy atom. The molecule has 1 saturated carbocycles. The average Bonchev–Trinajstić information content (AvgIpc) is 2.44. The van der Waals surface area contributed by atoms with Gasteiger partial charge in [-0.05, 0) is 30.0 Å². The fourth-order valence-corrected chi connectivity index (χ4v) is 2.85. The summed E-state index contributed by atoms with van der Waals surface area (Å²) in [5.74, 6) is -2.28. The van der Waals surface area contributed by atoms with E-state index in [9.17, 15) is 27.2 Å². The molecule has 0 spiro atoms. The van der Waals surface area contributed by atoms with Crippen LogP contribution >= 0.6 is 0 Å². The molecule has 1 aliphatic carbocycles. The van der Waals surface area contributed by atoms with E-state index in [2.05, 4.69) is 0 Å². The molecule has 1 fully saturated rings. The third kappa shape index (κ3) is 4.30. The highest BCUT2D eigenvalue weighted by Crippen LogP contribution is 2.34. The molecule has 3 nitrogen and oxygen atoms in total. The highest BCUT2D eigenvalue weighted by atomic mass is 19.4. The molecule has 0 unspecified atom stereocenters. The zero-order chi connectivity index (χ0) is 17.2. The smallest absolute Gasteiger partial charge is 0.341 e. The summed E-state index contributed by atoms with van der Waals surface area (Å²) < 4.78 is 52.6. The third-order valence-corrected chi connectivity index (χ3v) is 4.12. The number of carbonyl (C=O) groups excluding carboxylic acids is 2. The Morgan fingerprint density at radius 1 is 1.26 bits per heavy atom. The van der Waals surface area contributed by atoms with Crippen molar-refractivity contribution < 1.29 is 27.2 Å². The number of carbonyl (C=O) groups is 2. The molecule has 3 atom stereocenters. The van der Waals surface area contributed by atoms with Crippen molar-refractivity contribution in [2.75, 3.05) is 0 Å². The van der Waals surface area contributed by atoms with Crippen molar-refractivity contribution in [1.29, 1.82) is 0 Å². The minimum Gasteiger partial charge on any atom is -0.341 e. The monoisotopic (exact) mass is 331 g/mol. The van der Waals surface area contributed by atoms with E-state index in [1.54, 1.807) is 6.92 Å². The Morgan fingerprint density at radius 2 is 1.87 bits per heavy atom. The number of ketones is 1. The van der Waals surface area contributed by atoms with Gasteiger partial charge in [0.15, 0.2) is 6.04 Å². The average molecular weight is 331 g/mol. The largest absolute Gasteiger partial charge is 0.412 e. The van der Waals surface area contributed by atoms with E-state index in [-0.39, 0.29) is 36.5 Å². The lowest BCUT2D eigenvalue weighted by Crippen LogP contribution is -2.44. The van der Waals surface area contributed by atoms with Gasteiger partial charge in [-0.25, -0.2) is 4.39 Å². The quantitative estimate of drug-likeness (QED) is 0.861. The van der Waals surface area contributed by atoms with Gasteiger partial charge in [-0.1, -0.05) is 19.1 Å². The van der Waals surface area contributed by atoms with Crippen LogP contribution in [0.15, 0.2) is 24.3 Å². The van der Waals surface area contributed by atoms with Crippen LogP contribution in [0, 0.1) is 17.7 Å². The normalized spacial score (nSPS) is 23.4. The molecule has 126 valence electrons. The lowest BCUT2D eigenvalue weighted by molar-refractivity contribution is -0.165. The third-order valence-electron chi connectivity index (χ3n) is 4.12. The Kier molecular flexibility index (Phi) is 5.06. The highest BCUT2D eigenvalue weighted by Gasteiger charge is 2.43. The van der Waals surface area contributed by atoms with E-state index < -0.39 is 29.9 Å². The van der Waals surface area contributed by atoms with Gasteiger partial charge in [-0.2, -0.15) is 13.2 Å². The van der Waals surface area contributed by atoms with Gasteiger partial charge in [0.05, 0.1) is 0 Å². The van der Waals surface area contributed by atoms with Crippen LogP contribution in [0.3, 0.4) is 0 Å². The lowest BCUT2D eigenvalue weighted by Gasteiger charge is -2.30. The molecule has 1 amide bonds. The van der Waals surface area contributed by atoms with Crippen molar-refractivity contribution in [1.82, 2.24) is 5.32 Å². The summed E-state index contributed by atoms with van der Waals surface area (Å²) in [6, 6.07) is 1.65. The van der Waals surface area contributed by atoms with Gasteiger partial charge in [0, 0.05) is 18.8 Å². The van der Waals surface area contributed by atoms with E-state index in [0.29, 0.717) is 0 Å². The zero-order valence-electron chi connectivity index (χ0n) is 12.5. The topological polar surface area (TPSA) is 46.2 Å². The van der Waals surface area contributed by atoms with Crippen LogP contribution < -0.4 is 5.32 Å². The van der Waals surface area contributed by atoms with Crippen molar-refractivity contribution in [3.05, 3.63) is 35.6 Å². The maximum atomic E-state index is 13.2. The minimum atomic E-state index is -4.69. The molecule has 7 heteroatoms. The van der Waals surface area contributed by atoms with E-state index >= 15 is 0 Å². The predicted molar refractivity (Wildman–Crippen MR) is 74.9 cm³/mol. The van der Waals surface area contributed by atoms with Gasteiger partial charge in [0.25, 0.3) is 0 Å². The summed E-state index contributed by atoms with van der Waals surface area (Å²) in [6.07, 6.45) is -4.04. The number of rotatable bonds is 3. The first-order chi connectivity index (χ1) is 10.7. The molecule has 23 heavy (non-hydrogen) atoms. The molecule has 1 aromatic carbocycles. The number of halogens is 4. The van der Waals surface area contributed by atoms with E-state index in [4.69, 9.17) is 0 Å². The SMILES string of the molecule is C[C@@H]1CC(=O)CC[C@@H]1C(=O)N[C@@H](c1ccc(F)cc1)C(F)(F)F. The van der Waals surface area contributed by atoms with Crippen LogP contribution in [-0.2, 0) is 9.59 Å². The summed E-state index contributed by atoms with van der Waals surface area (Å²) in [5.41, 5.74) is -0.230. The van der Waals surface area contributed by atoms with Gasteiger partial charge in [0.2, 0.25) is 5.91 Å². The van der Waals surface area contributed by atoms with Crippen molar-refractivity contribution in [2.24, 2.45) is 11.8 Å². The van der Waals surface area contributed by atoms with E-state index in [0.717, 1.165) is 24.3 Å². The maximum Gasteiger partial charge on any atom is 0.412 e. The van der Waals surface area contributed by atoms with Crippen molar-refractivity contribution in [3.63, 3.8) is 0 Å². The summed E-state index contributed by atoms with van der Waals surface area (Å²) in [4.78, 5) is 23.5. The van der Waals surface area contributed by atoms with Gasteiger partial charge in [-0.15, -0.1) is 0 Å². The first kappa shape index (κ1) is 17.4. The molecule has 1 aromatic rings. The fraction of sp³-hybridized carbons (Fsp3) is 0.500. The van der Waals surface area contributed by atoms with Gasteiger partial charge in [0.1, 0.15) is 11.6 Å². The second-order valence-electron chi connectivity index (χ2n) is 5.90. The number of hydrogen-bond donors (Lipinski definition) is 1. The number of benzene rings is 1. The molecule has 0 radical (unpaired) electrons. The predicted octanol–water partition coefficient (Wildman–Crippen LogP) is 3.55. The van der Waals surface area contributed by atoms with Crippen LogP contribution in [0.4, 0.5) is 17.6 Å². The van der Waals surface area contributed by atoms with Gasteiger partial charge < -0.3 is 5.32 Å². The molecule has 2 rings (SSSR count). The molecular formula is C16H17F4NO2. The molecule has 0 saturated heterocycles. The zero-order valence-corrected chi connectivity index (χ0v) is 12.5. The minimum absolute atomic E-state index is 0.0208. The van der Waals surface area contributed by atoms with Crippen LogP contribution in [0.5, 0.6) is 0 Å². The lowest BCUT2D eigenvalue weighted by atomic mass is 9.79. The molecule has 0 aromatic heterocycles. The van der Waals surface area contributed by atoms with Crippen LogP contribution in [-0.4, -0.2) is 17.9 Å². The van der Waals surface area contributed by atoms with Crippen LogP contribution in [0.2, 0.25) is 0 Å². The molecule has 0 aliphatic heterocycles. The Bertz CT molecular complexity index is 583. The summed E-state index contributed by atoms with van der Waals surface area (Å²) in [5, 5.41) is 2.01. The first-order valence-corrected chi connectivity index (χ1v) is 7.32. The number of Topliss-reactive ketones (excluding diaryl/α,β-unsaturated/α-hetero) is 1. The summed E-state index contributed by atoms with van der Waals surface area (Å²) >= 11 is 0. The van der Waals surface area contributed by atoms with Gasteiger partial charge >= 0.3 is 6.18 Å². The highest BCUT2D eigenvalue weighted by molar-refractivity contribution is 5.85. The summed E-state index contributed by atoms with van der Waals surface area (Å²) in [7, 11) is 0. The Balaban J connectivity index is 2.16. The van der Waals surface area contributed by atoms with Crippen molar-refractivity contribution in [2.45, 2.75) is 38.4 Å². The standard InChI is InChI=1S/C16H17F4NO2/c1-9-8-12(22)6-7-13(9)15(23)21-14(16(18,19)20)10-2-4-11(17)5-3-10/h2-5,9,13-14H,6-8H2,1H3,(H,21,23)/t9-,13+,14+/m1/s1. The van der Waals surface area contributed by atoms with Crippen LogP contribution in [0.1, 0.15) is 37.8 Å². The van der Waals surface area contributed by atoms with Gasteiger partial charge in [-0.3, -0.25) is 9.59 Å². The van der Waals surface area contributed by atoms with E-state index in [1.165, 1.54) is 0 Å². The maximum absolute atomic E-state index is 13.2. The number of alkyl halides is 3. The molecule has 0 bridgehead atoms. The Hall–Kier alpha value is -1.92. The van der Waals surface area contributed by atoms with Crippen molar-refractivity contribution >= 4 is 11.7 Å². The Labute approximate surface area is 131 Å². The van der Waals surface area contributed by atoms with E-state index in [1.807, 2.05) is 5.32 Å². The molecule has 1 aliphatic rings. The van der Waals surface area contributed by atoms with Crippen LogP contribution in [0.25, 0.3) is 0 Å². The fourth-order valence-electron chi connectivity index (χ4n) is 2.85. The summed E-state index contributed by atoms with van der Waals surface area (Å²) in [6.45, 7) is 1.68. The molecule has 0 heterocycles. The number of hydrogen-bond acceptors (Lipinski definition) is 2. The molecular weight excluding hydrogens is 314 g/mol.